The Labute approximate surface area is 106 Å². The number of nitrogens with one attached hydrogen (secondary N) is 1. The van der Waals surface area contributed by atoms with Gasteiger partial charge >= 0.3 is 0 Å². The van der Waals surface area contributed by atoms with E-state index >= 15 is 0 Å². The van der Waals surface area contributed by atoms with Crippen LogP contribution in [0.4, 0.5) is 0 Å². The van der Waals surface area contributed by atoms with E-state index in [1.54, 1.807) is 7.11 Å². The maximum absolute atomic E-state index is 5.26. The van der Waals surface area contributed by atoms with Crippen molar-refractivity contribution < 1.29 is 4.74 Å². The van der Waals surface area contributed by atoms with Crippen LogP contribution in [0.1, 0.15) is 25.7 Å². The smallest absolute Gasteiger partial charge is 0.0587 e. The van der Waals surface area contributed by atoms with Crippen molar-refractivity contribution in [2.24, 2.45) is 5.92 Å². The number of hydrogen-bond acceptors (Lipinski definition) is 3. The van der Waals surface area contributed by atoms with Gasteiger partial charge in [-0.2, -0.15) is 0 Å². The van der Waals surface area contributed by atoms with Gasteiger partial charge in [0.15, 0.2) is 0 Å². The number of piperidine rings is 1. The molecule has 1 aliphatic rings. The van der Waals surface area contributed by atoms with Crippen molar-refractivity contribution in [3.05, 3.63) is 0 Å². The second-order valence-electron chi connectivity index (χ2n) is 4.79. The molecular formula is C14H26N2O. The van der Waals surface area contributed by atoms with Crippen LogP contribution in [0.25, 0.3) is 0 Å². The van der Waals surface area contributed by atoms with Crippen molar-refractivity contribution in [2.75, 3.05) is 46.4 Å². The minimum absolute atomic E-state index is 0.810. The molecule has 1 fully saturated rings. The van der Waals surface area contributed by atoms with Crippen LogP contribution in [0.15, 0.2) is 0 Å². The zero-order chi connectivity index (χ0) is 12.3. The Kier molecular flexibility index (Phi) is 8.08. The van der Waals surface area contributed by atoms with Crippen molar-refractivity contribution >= 4 is 0 Å². The maximum atomic E-state index is 5.26. The van der Waals surface area contributed by atoms with Crippen LogP contribution in [0.2, 0.25) is 0 Å². The van der Waals surface area contributed by atoms with E-state index in [-0.39, 0.29) is 0 Å². The van der Waals surface area contributed by atoms with Gasteiger partial charge in [-0.3, -0.25) is 0 Å². The van der Waals surface area contributed by atoms with Gasteiger partial charge in [-0.25, -0.2) is 0 Å². The SMILES string of the molecule is C#CCCCN1CCC(CNCCOC)CC1. The Hall–Kier alpha value is -0.560. The average Bonchev–Trinajstić information content (AvgIpc) is 2.37. The van der Waals surface area contributed by atoms with E-state index in [0.29, 0.717) is 0 Å². The highest BCUT2D eigenvalue weighted by atomic mass is 16.5. The molecular weight excluding hydrogens is 212 g/mol. The quantitative estimate of drug-likeness (QED) is 0.510. The largest absolute Gasteiger partial charge is 0.383 e. The van der Waals surface area contributed by atoms with Gasteiger partial charge in [-0.05, 0) is 51.4 Å². The van der Waals surface area contributed by atoms with Crippen molar-refractivity contribution in [3.8, 4) is 12.3 Å². The molecule has 1 heterocycles. The lowest BCUT2D eigenvalue weighted by molar-refractivity contribution is 0.172. The van der Waals surface area contributed by atoms with Crippen LogP contribution in [0, 0.1) is 18.3 Å². The number of rotatable bonds is 8. The molecule has 17 heavy (non-hydrogen) atoms. The van der Waals surface area contributed by atoms with Gasteiger partial charge in [0.2, 0.25) is 0 Å². The predicted octanol–water partition coefficient (Wildman–Crippen LogP) is 1.35. The molecule has 0 bridgehead atoms. The molecule has 0 unspecified atom stereocenters. The molecule has 3 heteroatoms. The lowest BCUT2D eigenvalue weighted by atomic mass is 9.96. The molecule has 0 spiro atoms. The summed E-state index contributed by atoms with van der Waals surface area (Å²) in [7, 11) is 1.75. The first kappa shape index (κ1) is 14.5. The zero-order valence-electron chi connectivity index (χ0n) is 11.1. The average molecular weight is 238 g/mol. The standard InChI is InChI=1S/C14H26N2O/c1-3-4-5-9-16-10-6-14(7-11-16)13-15-8-12-17-2/h1,14-15H,4-13H2,2H3. The number of ether oxygens (including phenoxy) is 1. The molecule has 1 N–H and O–H groups in total. The Morgan fingerprint density at radius 1 is 1.41 bits per heavy atom. The molecule has 98 valence electrons. The van der Waals surface area contributed by atoms with Crippen molar-refractivity contribution in [1.82, 2.24) is 10.2 Å². The molecule has 1 saturated heterocycles. The number of terminal acetylenes is 1. The van der Waals surface area contributed by atoms with Crippen LogP contribution in [-0.4, -0.2) is 51.3 Å². The monoisotopic (exact) mass is 238 g/mol. The molecule has 0 radical (unpaired) electrons. The first-order chi connectivity index (χ1) is 8.36. The van der Waals surface area contributed by atoms with E-state index in [9.17, 15) is 0 Å². The van der Waals surface area contributed by atoms with Crippen LogP contribution >= 0.6 is 0 Å². The molecule has 0 aromatic rings. The van der Waals surface area contributed by atoms with Gasteiger partial charge in [-0.1, -0.05) is 0 Å². The maximum Gasteiger partial charge on any atom is 0.0587 e. The third kappa shape index (κ3) is 6.68. The zero-order valence-corrected chi connectivity index (χ0v) is 11.1. The highest BCUT2D eigenvalue weighted by Gasteiger charge is 2.17. The summed E-state index contributed by atoms with van der Waals surface area (Å²) in [4.78, 5) is 2.54. The van der Waals surface area contributed by atoms with Gasteiger partial charge in [0.05, 0.1) is 6.61 Å². The lowest BCUT2D eigenvalue weighted by Crippen LogP contribution is -2.38. The third-order valence-electron chi connectivity index (χ3n) is 3.42. The van der Waals surface area contributed by atoms with Gasteiger partial charge < -0.3 is 15.0 Å². The number of nitrogens with zero attached hydrogens (tertiary/aromatic N) is 1. The predicted molar refractivity (Wildman–Crippen MR) is 72.0 cm³/mol. The Morgan fingerprint density at radius 3 is 2.82 bits per heavy atom. The number of methoxy groups -OCH3 is 1. The summed E-state index contributed by atoms with van der Waals surface area (Å²) < 4.78 is 5.02. The van der Waals surface area contributed by atoms with Crippen LogP contribution < -0.4 is 5.32 Å². The van der Waals surface area contributed by atoms with E-state index in [4.69, 9.17) is 11.2 Å². The lowest BCUT2D eigenvalue weighted by Gasteiger charge is -2.31. The second-order valence-corrected chi connectivity index (χ2v) is 4.79. The number of likely N-dealkylation sites (tertiary alicyclic amines) is 1. The highest BCUT2D eigenvalue weighted by Crippen LogP contribution is 2.16. The molecule has 1 rings (SSSR count). The summed E-state index contributed by atoms with van der Waals surface area (Å²) in [5, 5.41) is 3.45. The minimum atomic E-state index is 0.810. The summed E-state index contributed by atoms with van der Waals surface area (Å²) in [6.45, 7) is 6.57. The molecule has 1 aliphatic heterocycles. The molecule has 0 aliphatic carbocycles. The van der Waals surface area contributed by atoms with Gasteiger partial charge in [-0.15, -0.1) is 12.3 Å². The molecule has 0 aromatic heterocycles. The number of unbranched alkanes of at least 4 members (excludes halogenated alkanes) is 1. The summed E-state index contributed by atoms with van der Waals surface area (Å²) in [5.41, 5.74) is 0. The second kappa shape index (κ2) is 9.47. The number of hydrogen-bond donors (Lipinski definition) is 1. The van der Waals surface area contributed by atoms with Crippen LogP contribution in [0.5, 0.6) is 0 Å². The summed E-state index contributed by atoms with van der Waals surface area (Å²) in [6, 6.07) is 0. The fourth-order valence-electron chi connectivity index (χ4n) is 2.30. The van der Waals surface area contributed by atoms with Gasteiger partial charge in [0.1, 0.15) is 0 Å². The Balaban J connectivity index is 1.99. The van der Waals surface area contributed by atoms with Crippen molar-refractivity contribution in [3.63, 3.8) is 0 Å². The Bertz CT molecular complexity index is 217. The van der Waals surface area contributed by atoms with E-state index in [1.165, 1.54) is 32.5 Å². The Morgan fingerprint density at radius 2 is 2.18 bits per heavy atom. The highest BCUT2D eigenvalue weighted by molar-refractivity contribution is 4.84. The van der Waals surface area contributed by atoms with Crippen LogP contribution in [0.3, 0.4) is 0 Å². The van der Waals surface area contributed by atoms with Gasteiger partial charge in [0.25, 0.3) is 0 Å². The van der Waals surface area contributed by atoms with Gasteiger partial charge in [0, 0.05) is 20.1 Å². The molecule has 0 aromatic carbocycles. The fraction of sp³-hybridized carbons (Fsp3) is 0.857. The molecule has 0 saturated carbocycles. The minimum Gasteiger partial charge on any atom is -0.383 e. The first-order valence-electron chi connectivity index (χ1n) is 6.72. The normalized spacial score (nSPS) is 18.1. The van der Waals surface area contributed by atoms with E-state index in [1.807, 2.05) is 0 Å². The molecule has 0 atom stereocenters. The summed E-state index contributed by atoms with van der Waals surface area (Å²) in [6.07, 6.45) is 9.95. The van der Waals surface area contributed by atoms with Crippen LogP contribution in [-0.2, 0) is 4.74 Å². The first-order valence-corrected chi connectivity index (χ1v) is 6.72. The molecule has 3 nitrogen and oxygen atoms in total. The van der Waals surface area contributed by atoms with E-state index in [2.05, 4.69) is 16.1 Å². The summed E-state index contributed by atoms with van der Waals surface area (Å²) in [5.74, 6) is 3.55. The molecule has 0 amide bonds. The topological polar surface area (TPSA) is 24.5 Å². The van der Waals surface area contributed by atoms with E-state index in [0.717, 1.165) is 38.5 Å². The van der Waals surface area contributed by atoms with E-state index < -0.39 is 0 Å². The van der Waals surface area contributed by atoms with Crippen molar-refractivity contribution in [2.45, 2.75) is 25.7 Å². The van der Waals surface area contributed by atoms with Crippen molar-refractivity contribution in [1.29, 1.82) is 0 Å². The summed E-state index contributed by atoms with van der Waals surface area (Å²) >= 11 is 0. The third-order valence-corrected chi connectivity index (χ3v) is 3.42. The fourth-order valence-corrected chi connectivity index (χ4v) is 2.30.